The summed E-state index contributed by atoms with van der Waals surface area (Å²) in [6.07, 6.45) is 0. The number of aryl methyl sites for hydroxylation is 1. The van der Waals surface area contributed by atoms with Crippen molar-refractivity contribution in [3.05, 3.63) is 11.1 Å². The lowest BCUT2D eigenvalue weighted by atomic mass is 10.6. The van der Waals surface area contributed by atoms with Gasteiger partial charge in [0.1, 0.15) is 5.82 Å². The summed E-state index contributed by atoms with van der Waals surface area (Å²) < 4.78 is 0. The molecule has 0 amide bonds. The van der Waals surface area contributed by atoms with E-state index >= 15 is 0 Å². The fourth-order valence-corrected chi connectivity index (χ4v) is 0.946. The Morgan fingerprint density at radius 1 is 1.33 bits per heavy atom. The molecule has 0 saturated heterocycles. The van der Waals surface area contributed by atoms with Crippen LogP contribution < -0.4 is 4.90 Å². The van der Waals surface area contributed by atoms with Gasteiger partial charge < -0.3 is 4.90 Å². The Labute approximate surface area is 76.6 Å². The maximum absolute atomic E-state index is 5.66. The summed E-state index contributed by atoms with van der Waals surface area (Å²) in [5, 5.41) is 0.248. The molecule has 0 aliphatic carbocycles. The van der Waals surface area contributed by atoms with E-state index in [1.54, 1.807) is 6.92 Å². The molecule has 12 heavy (non-hydrogen) atoms. The van der Waals surface area contributed by atoms with E-state index in [1.807, 2.05) is 18.9 Å². The summed E-state index contributed by atoms with van der Waals surface area (Å²) in [4.78, 5) is 13.9. The van der Waals surface area contributed by atoms with E-state index in [-0.39, 0.29) is 5.28 Å². The molecule has 1 aromatic heterocycles. The highest BCUT2D eigenvalue weighted by molar-refractivity contribution is 6.28. The van der Waals surface area contributed by atoms with Gasteiger partial charge in [-0.2, -0.15) is 9.97 Å². The first-order valence-electron chi connectivity index (χ1n) is 3.72. The lowest BCUT2D eigenvalue weighted by Gasteiger charge is -2.13. The molecule has 4 nitrogen and oxygen atoms in total. The van der Waals surface area contributed by atoms with Gasteiger partial charge in [-0.05, 0) is 25.4 Å². The number of anilines is 1. The maximum Gasteiger partial charge on any atom is 0.229 e. The molecule has 0 spiro atoms. The second-order valence-electron chi connectivity index (χ2n) is 2.47. The van der Waals surface area contributed by atoms with Crippen LogP contribution >= 0.6 is 11.6 Å². The molecule has 0 aliphatic heterocycles. The molecule has 1 heterocycles. The Bertz CT molecular complexity index is 256. The van der Waals surface area contributed by atoms with Gasteiger partial charge in [0.05, 0.1) is 0 Å². The molecular formula is C7H11ClN4. The van der Waals surface area contributed by atoms with E-state index in [1.165, 1.54) is 0 Å². The van der Waals surface area contributed by atoms with Gasteiger partial charge in [-0.15, -0.1) is 0 Å². The zero-order valence-corrected chi connectivity index (χ0v) is 8.13. The van der Waals surface area contributed by atoms with E-state index in [2.05, 4.69) is 15.0 Å². The Kier molecular flexibility index (Phi) is 2.81. The Morgan fingerprint density at radius 2 is 2.00 bits per heavy atom. The molecule has 0 atom stereocenters. The van der Waals surface area contributed by atoms with Crippen molar-refractivity contribution >= 4 is 17.5 Å². The highest BCUT2D eigenvalue weighted by Gasteiger charge is 2.04. The first kappa shape index (κ1) is 9.19. The smallest absolute Gasteiger partial charge is 0.229 e. The highest BCUT2D eigenvalue weighted by Crippen LogP contribution is 2.08. The van der Waals surface area contributed by atoms with Crippen LogP contribution in [0, 0.1) is 6.92 Å². The third-order valence-corrected chi connectivity index (χ3v) is 1.69. The van der Waals surface area contributed by atoms with Crippen molar-refractivity contribution in [1.29, 1.82) is 0 Å². The third kappa shape index (κ3) is 2.04. The van der Waals surface area contributed by atoms with Gasteiger partial charge in [0.2, 0.25) is 11.2 Å². The molecule has 0 fully saturated rings. The Balaban J connectivity index is 3.00. The average molecular weight is 187 g/mol. The summed E-state index contributed by atoms with van der Waals surface area (Å²) in [6, 6.07) is 0. The standard InChI is InChI=1S/C7H11ClN4/c1-4-12(3)7-10-5(2)9-6(8)11-7/h4H2,1-3H3. The second kappa shape index (κ2) is 3.67. The van der Waals surface area contributed by atoms with Crippen LogP contribution in [0.25, 0.3) is 0 Å². The summed E-state index contributed by atoms with van der Waals surface area (Å²) in [6.45, 7) is 4.66. The van der Waals surface area contributed by atoms with Crippen LogP contribution in [0.2, 0.25) is 5.28 Å². The van der Waals surface area contributed by atoms with E-state index < -0.39 is 0 Å². The topological polar surface area (TPSA) is 41.9 Å². The van der Waals surface area contributed by atoms with E-state index in [0.29, 0.717) is 11.8 Å². The van der Waals surface area contributed by atoms with Crippen LogP contribution in [0.3, 0.4) is 0 Å². The van der Waals surface area contributed by atoms with Crippen LogP contribution in [0.4, 0.5) is 5.95 Å². The van der Waals surface area contributed by atoms with Crippen molar-refractivity contribution in [1.82, 2.24) is 15.0 Å². The van der Waals surface area contributed by atoms with Crippen molar-refractivity contribution < 1.29 is 0 Å². The van der Waals surface area contributed by atoms with Gasteiger partial charge in [0.25, 0.3) is 0 Å². The fourth-order valence-electron chi connectivity index (χ4n) is 0.748. The van der Waals surface area contributed by atoms with Crippen LogP contribution in [0.5, 0.6) is 0 Å². The van der Waals surface area contributed by atoms with E-state index in [9.17, 15) is 0 Å². The minimum absolute atomic E-state index is 0.248. The highest BCUT2D eigenvalue weighted by atomic mass is 35.5. The van der Waals surface area contributed by atoms with Crippen molar-refractivity contribution in [3.63, 3.8) is 0 Å². The Hall–Kier alpha value is -0.900. The van der Waals surface area contributed by atoms with Gasteiger partial charge in [-0.25, -0.2) is 4.98 Å². The number of aromatic nitrogens is 3. The Morgan fingerprint density at radius 3 is 2.50 bits per heavy atom. The summed E-state index contributed by atoms with van der Waals surface area (Å²) >= 11 is 5.66. The molecule has 0 bridgehead atoms. The van der Waals surface area contributed by atoms with Crippen molar-refractivity contribution in [2.75, 3.05) is 18.5 Å². The van der Waals surface area contributed by atoms with Gasteiger partial charge >= 0.3 is 0 Å². The monoisotopic (exact) mass is 186 g/mol. The molecule has 0 aromatic carbocycles. The van der Waals surface area contributed by atoms with Gasteiger partial charge in [-0.1, -0.05) is 0 Å². The quantitative estimate of drug-likeness (QED) is 0.698. The van der Waals surface area contributed by atoms with Gasteiger partial charge in [0.15, 0.2) is 0 Å². The largest absolute Gasteiger partial charge is 0.344 e. The minimum atomic E-state index is 0.248. The van der Waals surface area contributed by atoms with Crippen molar-refractivity contribution in [2.45, 2.75) is 13.8 Å². The summed E-state index contributed by atoms with van der Waals surface area (Å²) in [5.74, 6) is 1.26. The molecule has 1 aromatic rings. The van der Waals surface area contributed by atoms with Gasteiger partial charge in [0, 0.05) is 13.6 Å². The zero-order valence-electron chi connectivity index (χ0n) is 7.37. The molecule has 5 heteroatoms. The molecule has 0 radical (unpaired) electrons. The minimum Gasteiger partial charge on any atom is -0.344 e. The van der Waals surface area contributed by atoms with Gasteiger partial charge in [-0.3, -0.25) is 0 Å². The first-order valence-corrected chi connectivity index (χ1v) is 4.10. The fraction of sp³-hybridized carbons (Fsp3) is 0.571. The first-order chi connectivity index (χ1) is 5.63. The molecule has 0 saturated carbocycles. The van der Waals surface area contributed by atoms with Crippen molar-refractivity contribution in [2.24, 2.45) is 0 Å². The van der Waals surface area contributed by atoms with E-state index in [4.69, 9.17) is 11.6 Å². The molecule has 0 N–H and O–H groups in total. The van der Waals surface area contributed by atoms with Crippen LogP contribution in [0.15, 0.2) is 0 Å². The van der Waals surface area contributed by atoms with E-state index in [0.717, 1.165) is 6.54 Å². The van der Waals surface area contributed by atoms with Crippen LogP contribution in [-0.2, 0) is 0 Å². The molecule has 1 rings (SSSR count). The predicted octanol–water partition coefficient (Wildman–Crippen LogP) is 1.29. The molecular weight excluding hydrogens is 176 g/mol. The number of halogens is 1. The molecule has 0 aliphatic rings. The third-order valence-electron chi connectivity index (χ3n) is 1.52. The van der Waals surface area contributed by atoms with Crippen LogP contribution in [-0.4, -0.2) is 28.5 Å². The summed E-state index contributed by atoms with van der Waals surface area (Å²) in [5.41, 5.74) is 0. The van der Waals surface area contributed by atoms with Crippen molar-refractivity contribution in [3.8, 4) is 0 Å². The normalized spacial score (nSPS) is 10.0. The summed E-state index contributed by atoms with van der Waals surface area (Å²) in [7, 11) is 1.91. The zero-order chi connectivity index (χ0) is 9.14. The predicted molar refractivity (Wildman–Crippen MR) is 48.5 cm³/mol. The van der Waals surface area contributed by atoms with Crippen LogP contribution in [0.1, 0.15) is 12.7 Å². The maximum atomic E-state index is 5.66. The number of rotatable bonds is 2. The SMILES string of the molecule is CCN(C)c1nc(C)nc(Cl)n1. The number of hydrogen-bond acceptors (Lipinski definition) is 4. The lowest BCUT2D eigenvalue weighted by Crippen LogP contribution is -2.19. The number of nitrogens with zero attached hydrogens (tertiary/aromatic N) is 4. The average Bonchev–Trinajstić information content (AvgIpc) is 2.01. The molecule has 0 unspecified atom stereocenters. The second-order valence-corrected chi connectivity index (χ2v) is 2.80. The lowest BCUT2D eigenvalue weighted by molar-refractivity contribution is 0.863. The molecule has 66 valence electrons. The number of hydrogen-bond donors (Lipinski definition) is 0.